The van der Waals surface area contributed by atoms with Gasteiger partial charge in [0.1, 0.15) is 0 Å². The van der Waals surface area contributed by atoms with Crippen LogP contribution >= 0.6 is 0 Å². The Bertz CT molecular complexity index is 287. The Morgan fingerprint density at radius 1 is 1.50 bits per heavy atom. The maximum absolute atomic E-state index is 4.06. The molecule has 1 heterocycles. The van der Waals surface area contributed by atoms with Crippen LogP contribution < -0.4 is 0 Å². The molecule has 0 fully saturated rings. The summed E-state index contributed by atoms with van der Waals surface area (Å²) in [7, 11) is 0. The minimum Gasteiger partial charge on any atom is -0.264 e. The van der Waals surface area contributed by atoms with Gasteiger partial charge in [0.2, 0.25) is 0 Å². The number of pyridine rings is 1. The maximum atomic E-state index is 4.06. The maximum Gasteiger partial charge on any atom is 0.0303 e. The highest BCUT2D eigenvalue weighted by Gasteiger charge is 2.05. The molecular weight excluding hydrogens is 146 g/mol. The van der Waals surface area contributed by atoms with E-state index in [4.69, 9.17) is 0 Å². The van der Waals surface area contributed by atoms with E-state index in [1.54, 1.807) is 0 Å². The number of hydrogen-bond acceptors (Lipinski definition) is 1. The van der Waals surface area contributed by atoms with E-state index in [0.717, 1.165) is 0 Å². The molecule has 0 N–H and O–H groups in total. The van der Waals surface area contributed by atoms with Crippen LogP contribution in [0.25, 0.3) is 5.57 Å². The van der Waals surface area contributed by atoms with Crippen LogP contribution in [0.2, 0.25) is 0 Å². The Kier molecular flexibility index (Phi) is 2.64. The molecule has 0 aliphatic carbocycles. The summed E-state index contributed by atoms with van der Waals surface area (Å²) in [5.41, 5.74) is 3.63. The van der Waals surface area contributed by atoms with Crippen LogP contribution in [0, 0.1) is 12.8 Å². The second kappa shape index (κ2) is 3.53. The van der Waals surface area contributed by atoms with Crippen molar-refractivity contribution in [3.05, 3.63) is 36.2 Å². The van der Waals surface area contributed by atoms with Gasteiger partial charge in [-0.25, -0.2) is 0 Å². The molecule has 1 aromatic rings. The first-order chi connectivity index (χ1) is 5.63. The number of aromatic nitrogens is 1. The number of hydrogen-bond donors (Lipinski definition) is 0. The zero-order valence-corrected chi connectivity index (χ0v) is 7.96. The smallest absolute Gasteiger partial charge is 0.0303 e. The first-order valence-electron chi connectivity index (χ1n) is 4.22. The summed E-state index contributed by atoms with van der Waals surface area (Å²) in [5.74, 6) is 0.506. The van der Waals surface area contributed by atoms with Crippen LogP contribution in [-0.4, -0.2) is 4.98 Å². The highest BCUT2D eigenvalue weighted by molar-refractivity contribution is 5.66. The summed E-state index contributed by atoms with van der Waals surface area (Å²) in [4.78, 5) is 4.05. The van der Waals surface area contributed by atoms with Gasteiger partial charge in [-0.2, -0.15) is 0 Å². The summed E-state index contributed by atoms with van der Waals surface area (Å²) in [6.45, 7) is 10.4. The summed E-state index contributed by atoms with van der Waals surface area (Å²) in [6.07, 6.45) is 3.69. The van der Waals surface area contributed by atoms with Crippen molar-refractivity contribution in [1.82, 2.24) is 4.98 Å². The number of allylic oxidation sites excluding steroid dienone is 1. The molecule has 64 valence electrons. The largest absolute Gasteiger partial charge is 0.264 e. The van der Waals surface area contributed by atoms with Crippen LogP contribution in [0.5, 0.6) is 0 Å². The third-order valence-corrected chi connectivity index (χ3v) is 2.06. The van der Waals surface area contributed by atoms with Crippen LogP contribution in [-0.2, 0) is 0 Å². The minimum atomic E-state index is 0.506. The van der Waals surface area contributed by atoms with Crippen molar-refractivity contribution < 1.29 is 0 Å². The second-order valence-corrected chi connectivity index (χ2v) is 3.37. The van der Waals surface area contributed by atoms with Gasteiger partial charge < -0.3 is 0 Å². The Morgan fingerprint density at radius 2 is 2.17 bits per heavy atom. The second-order valence-electron chi connectivity index (χ2n) is 3.37. The molecule has 0 atom stereocenters. The van der Waals surface area contributed by atoms with Gasteiger partial charge in [-0.05, 0) is 35.6 Å². The zero-order chi connectivity index (χ0) is 9.14. The van der Waals surface area contributed by atoms with Crippen molar-refractivity contribution in [2.75, 3.05) is 0 Å². The first kappa shape index (κ1) is 8.98. The van der Waals surface area contributed by atoms with Crippen molar-refractivity contribution in [2.24, 2.45) is 5.92 Å². The zero-order valence-electron chi connectivity index (χ0n) is 7.96. The molecule has 12 heavy (non-hydrogen) atoms. The first-order valence-corrected chi connectivity index (χ1v) is 4.22. The topological polar surface area (TPSA) is 12.9 Å². The van der Waals surface area contributed by atoms with Crippen molar-refractivity contribution in [1.29, 1.82) is 0 Å². The van der Waals surface area contributed by atoms with E-state index in [2.05, 4.69) is 32.3 Å². The molecule has 0 radical (unpaired) electrons. The van der Waals surface area contributed by atoms with E-state index in [1.807, 2.05) is 18.5 Å². The van der Waals surface area contributed by atoms with Gasteiger partial charge in [-0.15, -0.1) is 0 Å². The normalized spacial score (nSPS) is 10.3. The van der Waals surface area contributed by atoms with Crippen LogP contribution in [0.1, 0.15) is 25.0 Å². The Morgan fingerprint density at radius 3 is 2.67 bits per heavy atom. The predicted octanol–water partition coefficient (Wildman–Crippen LogP) is 3.06. The quantitative estimate of drug-likeness (QED) is 0.649. The van der Waals surface area contributed by atoms with Crippen molar-refractivity contribution in [2.45, 2.75) is 20.8 Å². The summed E-state index contributed by atoms with van der Waals surface area (Å²) < 4.78 is 0. The molecule has 0 aliphatic heterocycles. The Balaban J connectivity index is 3.03. The van der Waals surface area contributed by atoms with Crippen molar-refractivity contribution in [3.63, 3.8) is 0 Å². The van der Waals surface area contributed by atoms with Gasteiger partial charge in [-0.3, -0.25) is 4.98 Å². The Labute approximate surface area is 74.2 Å². The molecule has 0 saturated carbocycles. The molecule has 1 aromatic heterocycles. The average Bonchev–Trinajstić information content (AvgIpc) is 2.04. The van der Waals surface area contributed by atoms with Gasteiger partial charge in [0.25, 0.3) is 0 Å². The van der Waals surface area contributed by atoms with E-state index in [1.165, 1.54) is 16.7 Å². The lowest BCUT2D eigenvalue weighted by Crippen LogP contribution is -1.94. The Hall–Kier alpha value is -1.11. The SMILES string of the molecule is C=C(c1ccncc1C)C(C)C. The lowest BCUT2D eigenvalue weighted by atomic mass is 9.95. The molecule has 0 bridgehead atoms. The van der Waals surface area contributed by atoms with Gasteiger partial charge in [-0.1, -0.05) is 20.4 Å². The molecule has 1 rings (SSSR count). The van der Waals surface area contributed by atoms with E-state index < -0.39 is 0 Å². The van der Waals surface area contributed by atoms with Crippen molar-refractivity contribution >= 4 is 5.57 Å². The fraction of sp³-hybridized carbons (Fsp3) is 0.364. The molecule has 0 amide bonds. The van der Waals surface area contributed by atoms with E-state index in [9.17, 15) is 0 Å². The summed E-state index contributed by atoms with van der Waals surface area (Å²) >= 11 is 0. The van der Waals surface area contributed by atoms with Gasteiger partial charge in [0, 0.05) is 12.4 Å². The number of aryl methyl sites for hydroxylation is 1. The van der Waals surface area contributed by atoms with Crippen LogP contribution in [0.3, 0.4) is 0 Å². The summed E-state index contributed by atoms with van der Waals surface area (Å²) in [5, 5.41) is 0. The minimum absolute atomic E-state index is 0.506. The van der Waals surface area contributed by atoms with E-state index in [-0.39, 0.29) is 0 Å². The molecular formula is C11H15N. The van der Waals surface area contributed by atoms with Crippen LogP contribution in [0.4, 0.5) is 0 Å². The molecule has 0 spiro atoms. The molecule has 1 nitrogen and oxygen atoms in total. The molecule has 0 aromatic carbocycles. The average molecular weight is 161 g/mol. The van der Waals surface area contributed by atoms with Gasteiger partial charge >= 0.3 is 0 Å². The standard InChI is InChI=1S/C11H15N/c1-8(2)10(4)11-5-6-12-7-9(11)3/h5-8H,4H2,1-3H3. The van der Waals surface area contributed by atoms with Gasteiger partial charge in [0.05, 0.1) is 0 Å². The third-order valence-electron chi connectivity index (χ3n) is 2.06. The third kappa shape index (κ3) is 1.73. The predicted molar refractivity (Wildman–Crippen MR) is 52.8 cm³/mol. The fourth-order valence-electron chi connectivity index (χ4n) is 1.14. The fourth-order valence-corrected chi connectivity index (χ4v) is 1.14. The lowest BCUT2D eigenvalue weighted by Gasteiger charge is -2.11. The van der Waals surface area contributed by atoms with Crippen molar-refractivity contribution in [3.8, 4) is 0 Å². The molecule has 0 unspecified atom stereocenters. The monoisotopic (exact) mass is 161 g/mol. The molecule has 0 saturated heterocycles. The highest BCUT2D eigenvalue weighted by atomic mass is 14.6. The molecule has 0 aliphatic rings. The van der Waals surface area contributed by atoms with E-state index in [0.29, 0.717) is 5.92 Å². The van der Waals surface area contributed by atoms with E-state index >= 15 is 0 Å². The summed E-state index contributed by atoms with van der Waals surface area (Å²) in [6, 6.07) is 2.03. The van der Waals surface area contributed by atoms with Crippen LogP contribution in [0.15, 0.2) is 25.0 Å². The number of nitrogens with zero attached hydrogens (tertiary/aromatic N) is 1. The van der Waals surface area contributed by atoms with Gasteiger partial charge in [0.15, 0.2) is 0 Å². The molecule has 1 heteroatoms. The highest BCUT2D eigenvalue weighted by Crippen LogP contribution is 2.22. The lowest BCUT2D eigenvalue weighted by molar-refractivity contribution is 0.855. The number of rotatable bonds is 2.